The van der Waals surface area contributed by atoms with Gasteiger partial charge in [-0.05, 0) is 49.9 Å². The third-order valence-electron chi connectivity index (χ3n) is 5.16. The number of nitrogens with one attached hydrogen (secondary N) is 2. The third-order valence-corrected chi connectivity index (χ3v) is 5.16. The van der Waals surface area contributed by atoms with Crippen molar-refractivity contribution < 1.29 is 4.74 Å². The number of aryl methyl sites for hydroxylation is 1. The number of nitrogens with zero attached hydrogens (tertiary/aromatic N) is 2. The van der Waals surface area contributed by atoms with Gasteiger partial charge in [0.05, 0.1) is 6.61 Å². The number of rotatable bonds is 7. The lowest BCUT2D eigenvalue weighted by atomic mass is 10.1. The van der Waals surface area contributed by atoms with Gasteiger partial charge in [0.15, 0.2) is 5.96 Å². The Morgan fingerprint density at radius 2 is 2.00 bits per heavy atom. The topological polar surface area (TPSA) is 48.9 Å². The van der Waals surface area contributed by atoms with Gasteiger partial charge in [-0.2, -0.15) is 0 Å². The Kier molecular flexibility index (Phi) is 7.18. The quantitative estimate of drug-likeness (QED) is 0.569. The smallest absolute Gasteiger partial charge is 0.191 e. The van der Waals surface area contributed by atoms with E-state index in [1.807, 2.05) is 14.0 Å². The Bertz CT molecular complexity index is 775. The molecule has 0 radical (unpaired) electrons. The van der Waals surface area contributed by atoms with Crippen LogP contribution in [-0.2, 0) is 6.54 Å². The highest BCUT2D eigenvalue weighted by atomic mass is 16.5. The van der Waals surface area contributed by atoms with Gasteiger partial charge in [-0.3, -0.25) is 4.99 Å². The van der Waals surface area contributed by atoms with Gasteiger partial charge in [-0.15, -0.1) is 0 Å². The highest BCUT2D eigenvalue weighted by Crippen LogP contribution is 2.23. The van der Waals surface area contributed by atoms with Crippen LogP contribution >= 0.6 is 0 Å². The van der Waals surface area contributed by atoms with E-state index in [0.717, 1.165) is 36.9 Å². The van der Waals surface area contributed by atoms with E-state index in [0.29, 0.717) is 19.1 Å². The zero-order valence-electron chi connectivity index (χ0n) is 17.2. The van der Waals surface area contributed by atoms with E-state index in [1.165, 1.54) is 17.7 Å². The molecule has 5 heteroatoms. The molecule has 1 aliphatic rings. The monoisotopic (exact) mass is 380 g/mol. The molecule has 5 nitrogen and oxygen atoms in total. The summed E-state index contributed by atoms with van der Waals surface area (Å²) in [5, 5.41) is 6.90. The second-order valence-corrected chi connectivity index (χ2v) is 7.29. The van der Waals surface area contributed by atoms with E-state index in [1.54, 1.807) is 0 Å². The third kappa shape index (κ3) is 5.41. The lowest BCUT2D eigenvalue weighted by Gasteiger charge is -2.19. The molecule has 0 spiro atoms. The van der Waals surface area contributed by atoms with E-state index in [4.69, 9.17) is 4.74 Å². The van der Waals surface area contributed by atoms with E-state index >= 15 is 0 Å². The predicted molar refractivity (Wildman–Crippen MR) is 117 cm³/mol. The zero-order chi connectivity index (χ0) is 19.8. The fourth-order valence-corrected chi connectivity index (χ4v) is 3.61. The van der Waals surface area contributed by atoms with Crippen molar-refractivity contribution in [3.63, 3.8) is 0 Å². The lowest BCUT2D eigenvalue weighted by molar-refractivity contribution is 0.336. The highest BCUT2D eigenvalue weighted by molar-refractivity contribution is 5.79. The highest BCUT2D eigenvalue weighted by Gasteiger charge is 2.22. The van der Waals surface area contributed by atoms with Crippen molar-refractivity contribution in [1.82, 2.24) is 10.6 Å². The first-order valence-corrected chi connectivity index (χ1v) is 10.2. The van der Waals surface area contributed by atoms with Crippen LogP contribution in [-0.4, -0.2) is 39.2 Å². The molecule has 150 valence electrons. The molecule has 0 aromatic heterocycles. The van der Waals surface area contributed by atoms with Crippen LogP contribution in [0.2, 0.25) is 0 Å². The van der Waals surface area contributed by atoms with Crippen LogP contribution in [0.1, 0.15) is 24.5 Å². The molecule has 28 heavy (non-hydrogen) atoms. The molecular weight excluding hydrogens is 348 g/mol. The van der Waals surface area contributed by atoms with Crippen molar-refractivity contribution in [2.24, 2.45) is 10.9 Å². The minimum absolute atomic E-state index is 0.622. The molecule has 1 atom stereocenters. The summed E-state index contributed by atoms with van der Waals surface area (Å²) in [6.45, 7) is 8.58. The first-order chi connectivity index (χ1) is 13.7. The normalized spacial score (nSPS) is 16.9. The van der Waals surface area contributed by atoms with E-state index in [-0.39, 0.29) is 0 Å². The van der Waals surface area contributed by atoms with Crippen LogP contribution in [0, 0.1) is 12.8 Å². The fraction of sp³-hybridized carbons (Fsp3) is 0.435. The number of para-hydroxylation sites is 1. The average Bonchev–Trinajstić information content (AvgIpc) is 3.19. The van der Waals surface area contributed by atoms with Gasteiger partial charge < -0.3 is 20.3 Å². The summed E-state index contributed by atoms with van der Waals surface area (Å²) in [5.74, 6) is 2.40. The summed E-state index contributed by atoms with van der Waals surface area (Å²) < 4.78 is 5.77. The average molecular weight is 381 g/mol. The Labute approximate surface area is 168 Å². The maximum absolute atomic E-state index is 5.77. The lowest BCUT2D eigenvalue weighted by Crippen LogP contribution is -2.40. The molecule has 0 aliphatic carbocycles. The van der Waals surface area contributed by atoms with Crippen molar-refractivity contribution >= 4 is 11.6 Å². The van der Waals surface area contributed by atoms with Crippen molar-refractivity contribution in [3.05, 3.63) is 59.7 Å². The first-order valence-electron chi connectivity index (χ1n) is 10.2. The van der Waals surface area contributed by atoms with Gasteiger partial charge in [0.2, 0.25) is 0 Å². The molecule has 1 unspecified atom stereocenters. The van der Waals surface area contributed by atoms with E-state index in [2.05, 4.69) is 76.0 Å². The number of hydrogen-bond acceptors (Lipinski definition) is 3. The Balaban J connectivity index is 1.48. The molecule has 2 aromatic carbocycles. The van der Waals surface area contributed by atoms with Gasteiger partial charge in [0.1, 0.15) is 5.75 Å². The van der Waals surface area contributed by atoms with Gasteiger partial charge in [0.25, 0.3) is 0 Å². The van der Waals surface area contributed by atoms with Gasteiger partial charge in [-0.1, -0.05) is 30.3 Å². The molecule has 1 aliphatic heterocycles. The molecule has 1 heterocycles. The minimum atomic E-state index is 0.622. The Hall–Kier alpha value is -2.69. The number of hydrogen-bond donors (Lipinski definition) is 2. The maximum Gasteiger partial charge on any atom is 0.191 e. The molecule has 2 aromatic rings. The Morgan fingerprint density at radius 1 is 1.18 bits per heavy atom. The van der Waals surface area contributed by atoms with Crippen LogP contribution in [0.25, 0.3) is 0 Å². The molecule has 2 N–H and O–H groups in total. The summed E-state index contributed by atoms with van der Waals surface area (Å²) in [6, 6.07) is 17.0. The number of benzene rings is 2. The molecule has 0 bridgehead atoms. The predicted octanol–water partition coefficient (Wildman–Crippen LogP) is 3.59. The second-order valence-electron chi connectivity index (χ2n) is 7.29. The summed E-state index contributed by atoms with van der Waals surface area (Å²) in [7, 11) is 1.82. The number of ether oxygens (including phenoxy) is 1. The van der Waals surface area contributed by atoms with Crippen LogP contribution in [0.5, 0.6) is 5.75 Å². The van der Waals surface area contributed by atoms with Crippen LogP contribution < -0.4 is 20.3 Å². The van der Waals surface area contributed by atoms with E-state index in [9.17, 15) is 0 Å². The summed E-state index contributed by atoms with van der Waals surface area (Å²) in [6.07, 6.45) is 1.20. The van der Waals surface area contributed by atoms with Gasteiger partial charge in [0, 0.05) is 44.5 Å². The number of aliphatic imine (C=N–C) groups is 1. The zero-order valence-corrected chi connectivity index (χ0v) is 17.2. The first kappa shape index (κ1) is 20.1. The minimum Gasteiger partial charge on any atom is -0.494 e. The van der Waals surface area contributed by atoms with Crippen LogP contribution in [0.4, 0.5) is 5.69 Å². The van der Waals surface area contributed by atoms with Crippen molar-refractivity contribution in [1.29, 1.82) is 0 Å². The fourth-order valence-electron chi connectivity index (χ4n) is 3.61. The van der Waals surface area contributed by atoms with Gasteiger partial charge >= 0.3 is 0 Å². The maximum atomic E-state index is 5.77. The standard InChI is InChI=1S/C23H32N4O/c1-4-28-22-14-18(2)10-11-20(22)16-26-23(24-3)25-15-19-12-13-27(17-19)21-8-6-5-7-9-21/h5-11,14,19H,4,12-13,15-17H2,1-3H3,(H2,24,25,26). The number of anilines is 1. The molecule has 1 saturated heterocycles. The van der Waals surface area contributed by atoms with Crippen molar-refractivity contribution in [2.75, 3.05) is 38.2 Å². The Morgan fingerprint density at radius 3 is 2.75 bits per heavy atom. The molecular formula is C23H32N4O. The summed E-state index contributed by atoms with van der Waals surface area (Å²) in [5.41, 5.74) is 3.67. The molecule has 0 amide bonds. The molecule has 3 rings (SSSR count). The summed E-state index contributed by atoms with van der Waals surface area (Å²) >= 11 is 0. The largest absolute Gasteiger partial charge is 0.494 e. The SMILES string of the molecule is CCOc1cc(C)ccc1CNC(=NC)NCC1CCN(c2ccccc2)C1. The number of guanidine groups is 1. The van der Waals surface area contributed by atoms with Crippen molar-refractivity contribution in [3.8, 4) is 5.75 Å². The van der Waals surface area contributed by atoms with E-state index < -0.39 is 0 Å². The molecule has 1 fully saturated rings. The van der Waals surface area contributed by atoms with Crippen molar-refractivity contribution in [2.45, 2.75) is 26.8 Å². The summed E-state index contributed by atoms with van der Waals surface area (Å²) in [4.78, 5) is 6.84. The van der Waals surface area contributed by atoms with Crippen LogP contribution in [0.15, 0.2) is 53.5 Å². The second kappa shape index (κ2) is 10.0. The van der Waals surface area contributed by atoms with Crippen LogP contribution in [0.3, 0.4) is 0 Å². The molecule has 0 saturated carbocycles. The van der Waals surface area contributed by atoms with Gasteiger partial charge in [-0.25, -0.2) is 0 Å².